The van der Waals surface area contributed by atoms with Crippen LogP contribution in [0.3, 0.4) is 0 Å². The summed E-state index contributed by atoms with van der Waals surface area (Å²) < 4.78 is 4.95. The number of hydrogen-bond acceptors (Lipinski definition) is 3. The molecule has 0 aromatic heterocycles. The van der Waals surface area contributed by atoms with Crippen molar-refractivity contribution in [2.24, 2.45) is 5.92 Å². The molecule has 5 nitrogen and oxygen atoms in total. The number of carbonyl (C=O) groups excluding carboxylic acids is 2. The van der Waals surface area contributed by atoms with Crippen LogP contribution in [0.15, 0.2) is 24.3 Å². The standard InChI is InChI=1S/C17H24N2O3/c1-22-12-6-11-18-17(21)14-9-4-5-10-15(14)19-16(20)13-7-2-3-8-13/h4-5,9-10,13H,2-3,6-8,11-12H2,1H3,(H,18,21)(H,19,20). The Morgan fingerprint density at radius 2 is 1.95 bits per heavy atom. The largest absolute Gasteiger partial charge is 0.385 e. The Balaban J connectivity index is 1.96. The fraction of sp³-hybridized carbons (Fsp3) is 0.529. The molecule has 0 bridgehead atoms. The van der Waals surface area contributed by atoms with E-state index in [-0.39, 0.29) is 17.7 Å². The molecule has 1 saturated carbocycles. The lowest BCUT2D eigenvalue weighted by atomic mass is 10.1. The van der Waals surface area contributed by atoms with E-state index in [1.165, 1.54) is 0 Å². The number of benzene rings is 1. The molecule has 22 heavy (non-hydrogen) atoms. The average Bonchev–Trinajstić information content (AvgIpc) is 3.06. The van der Waals surface area contributed by atoms with E-state index >= 15 is 0 Å². The first-order valence-electron chi connectivity index (χ1n) is 7.89. The van der Waals surface area contributed by atoms with Gasteiger partial charge in [0.2, 0.25) is 5.91 Å². The summed E-state index contributed by atoms with van der Waals surface area (Å²) in [4.78, 5) is 24.5. The third kappa shape index (κ3) is 4.56. The Hall–Kier alpha value is -1.88. The molecular formula is C17H24N2O3. The first-order valence-corrected chi connectivity index (χ1v) is 7.89. The number of amides is 2. The van der Waals surface area contributed by atoms with Crippen molar-refractivity contribution in [3.8, 4) is 0 Å². The van der Waals surface area contributed by atoms with Crippen molar-refractivity contribution in [3.05, 3.63) is 29.8 Å². The number of ether oxygens (including phenoxy) is 1. The van der Waals surface area contributed by atoms with Crippen molar-refractivity contribution >= 4 is 17.5 Å². The van der Waals surface area contributed by atoms with Gasteiger partial charge in [0.25, 0.3) is 5.91 Å². The zero-order chi connectivity index (χ0) is 15.8. The number of para-hydroxylation sites is 1. The molecule has 1 fully saturated rings. The van der Waals surface area contributed by atoms with Gasteiger partial charge >= 0.3 is 0 Å². The zero-order valence-electron chi connectivity index (χ0n) is 13.1. The lowest BCUT2D eigenvalue weighted by molar-refractivity contribution is -0.119. The van der Waals surface area contributed by atoms with E-state index in [4.69, 9.17) is 4.74 Å². The van der Waals surface area contributed by atoms with Gasteiger partial charge in [-0.3, -0.25) is 9.59 Å². The quantitative estimate of drug-likeness (QED) is 0.761. The van der Waals surface area contributed by atoms with Crippen molar-refractivity contribution in [1.29, 1.82) is 0 Å². The predicted octanol–water partition coefficient (Wildman–Crippen LogP) is 2.58. The molecule has 0 unspecified atom stereocenters. The van der Waals surface area contributed by atoms with Gasteiger partial charge in [0.1, 0.15) is 0 Å². The Labute approximate surface area is 131 Å². The van der Waals surface area contributed by atoms with Crippen LogP contribution in [-0.2, 0) is 9.53 Å². The summed E-state index contributed by atoms with van der Waals surface area (Å²) in [5, 5.41) is 5.76. The van der Waals surface area contributed by atoms with Crippen molar-refractivity contribution in [2.45, 2.75) is 32.1 Å². The van der Waals surface area contributed by atoms with Gasteiger partial charge in [0.05, 0.1) is 11.3 Å². The molecule has 1 aromatic carbocycles. The first-order chi connectivity index (χ1) is 10.7. The van der Waals surface area contributed by atoms with Crippen LogP contribution >= 0.6 is 0 Å². The Morgan fingerprint density at radius 3 is 2.68 bits per heavy atom. The van der Waals surface area contributed by atoms with Gasteiger partial charge in [0.15, 0.2) is 0 Å². The highest BCUT2D eigenvalue weighted by Gasteiger charge is 2.23. The van der Waals surface area contributed by atoms with Crippen LogP contribution in [0.2, 0.25) is 0 Å². The van der Waals surface area contributed by atoms with Gasteiger partial charge in [-0.1, -0.05) is 25.0 Å². The summed E-state index contributed by atoms with van der Waals surface area (Å²) in [6, 6.07) is 7.13. The highest BCUT2D eigenvalue weighted by atomic mass is 16.5. The maximum Gasteiger partial charge on any atom is 0.253 e. The monoisotopic (exact) mass is 304 g/mol. The SMILES string of the molecule is COCCCNC(=O)c1ccccc1NC(=O)C1CCCC1. The van der Waals surface area contributed by atoms with Gasteiger partial charge in [-0.15, -0.1) is 0 Å². The van der Waals surface area contributed by atoms with Crippen LogP contribution in [0.4, 0.5) is 5.69 Å². The van der Waals surface area contributed by atoms with Gasteiger partial charge in [-0.25, -0.2) is 0 Å². The van der Waals surface area contributed by atoms with Crippen LogP contribution in [0, 0.1) is 5.92 Å². The molecule has 1 aromatic rings. The van der Waals surface area contributed by atoms with E-state index in [1.807, 2.05) is 6.07 Å². The van der Waals surface area contributed by atoms with Crippen LogP contribution in [-0.4, -0.2) is 32.1 Å². The summed E-state index contributed by atoms with van der Waals surface area (Å²) in [5.74, 6) is -0.0617. The van der Waals surface area contributed by atoms with E-state index in [9.17, 15) is 9.59 Å². The summed E-state index contributed by atoms with van der Waals surface area (Å²) in [5.41, 5.74) is 1.09. The molecule has 0 spiro atoms. The van der Waals surface area contributed by atoms with Gasteiger partial charge in [0, 0.05) is 26.2 Å². The fourth-order valence-corrected chi connectivity index (χ4v) is 2.73. The smallest absolute Gasteiger partial charge is 0.253 e. The average molecular weight is 304 g/mol. The van der Waals surface area contributed by atoms with Crippen molar-refractivity contribution in [1.82, 2.24) is 5.32 Å². The highest BCUT2D eigenvalue weighted by molar-refractivity contribution is 6.04. The number of carbonyl (C=O) groups is 2. The maximum atomic E-state index is 12.2. The summed E-state index contributed by atoms with van der Waals surface area (Å²) in [7, 11) is 1.63. The molecule has 2 N–H and O–H groups in total. The number of rotatable bonds is 7. The van der Waals surface area contributed by atoms with Crippen molar-refractivity contribution in [3.63, 3.8) is 0 Å². The summed E-state index contributed by atoms with van der Waals surface area (Å²) in [6.45, 7) is 1.16. The zero-order valence-corrected chi connectivity index (χ0v) is 13.1. The molecular weight excluding hydrogens is 280 g/mol. The Kier molecular flexibility index (Phi) is 6.40. The molecule has 120 valence electrons. The molecule has 2 rings (SSSR count). The molecule has 0 radical (unpaired) electrons. The van der Waals surface area contributed by atoms with E-state index in [1.54, 1.807) is 25.3 Å². The van der Waals surface area contributed by atoms with E-state index in [2.05, 4.69) is 10.6 Å². The molecule has 1 aliphatic rings. The first kappa shape index (κ1) is 16.5. The van der Waals surface area contributed by atoms with E-state index in [0.717, 1.165) is 32.1 Å². The van der Waals surface area contributed by atoms with Gasteiger partial charge in [-0.05, 0) is 31.4 Å². The van der Waals surface area contributed by atoms with Gasteiger partial charge in [-0.2, -0.15) is 0 Å². The minimum atomic E-state index is -0.168. The molecule has 1 aliphatic carbocycles. The minimum absolute atomic E-state index is 0.0251. The Bertz CT molecular complexity index is 510. The predicted molar refractivity (Wildman–Crippen MR) is 85.9 cm³/mol. The molecule has 0 saturated heterocycles. The lowest BCUT2D eigenvalue weighted by Gasteiger charge is -2.14. The van der Waals surface area contributed by atoms with E-state index in [0.29, 0.717) is 24.4 Å². The van der Waals surface area contributed by atoms with E-state index < -0.39 is 0 Å². The summed E-state index contributed by atoms with van der Waals surface area (Å²) in [6.07, 6.45) is 4.87. The number of methoxy groups -OCH3 is 1. The second-order valence-corrected chi connectivity index (χ2v) is 5.62. The topological polar surface area (TPSA) is 67.4 Å². The Morgan fingerprint density at radius 1 is 1.23 bits per heavy atom. The van der Waals surface area contributed by atoms with Crippen LogP contribution in [0.1, 0.15) is 42.5 Å². The second-order valence-electron chi connectivity index (χ2n) is 5.62. The molecule has 0 atom stereocenters. The summed E-state index contributed by atoms with van der Waals surface area (Å²) >= 11 is 0. The third-order valence-electron chi connectivity index (χ3n) is 3.97. The number of anilines is 1. The van der Waals surface area contributed by atoms with Gasteiger partial charge < -0.3 is 15.4 Å². The number of nitrogens with one attached hydrogen (secondary N) is 2. The molecule has 2 amide bonds. The maximum absolute atomic E-state index is 12.2. The molecule has 0 heterocycles. The minimum Gasteiger partial charge on any atom is -0.385 e. The lowest BCUT2D eigenvalue weighted by Crippen LogP contribution is -2.27. The van der Waals surface area contributed by atoms with Crippen LogP contribution in [0.25, 0.3) is 0 Å². The third-order valence-corrected chi connectivity index (χ3v) is 3.97. The second kappa shape index (κ2) is 8.54. The van der Waals surface area contributed by atoms with Crippen molar-refractivity contribution in [2.75, 3.05) is 25.6 Å². The number of hydrogen-bond donors (Lipinski definition) is 2. The van der Waals surface area contributed by atoms with Crippen molar-refractivity contribution < 1.29 is 14.3 Å². The normalized spacial score (nSPS) is 14.8. The fourth-order valence-electron chi connectivity index (χ4n) is 2.73. The molecule has 0 aliphatic heterocycles. The molecule has 5 heteroatoms. The van der Waals surface area contributed by atoms with Crippen LogP contribution < -0.4 is 10.6 Å². The highest BCUT2D eigenvalue weighted by Crippen LogP contribution is 2.26. The van der Waals surface area contributed by atoms with Crippen LogP contribution in [0.5, 0.6) is 0 Å².